The summed E-state index contributed by atoms with van der Waals surface area (Å²) in [5.74, 6) is -0.517. The van der Waals surface area contributed by atoms with E-state index in [2.05, 4.69) is 19.2 Å². The Balaban J connectivity index is 2.71. The molecule has 0 aliphatic rings. The number of para-hydroxylation sites is 1. The highest BCUT2D eigenvalue weighted by Crippen LogP contribution is 2.14. The number of urea groups is 1. The number of rotatable bonds is 7. The van der Waals surface area contributed by atoms with Crippen molar-refractivity contribution in [3.63, 3.8) is 0 Å². The van der Waals surface area contributed by atoms with E-state index in [-0.39, 0.29) is 19.0 Å². The molecule has 2 N–H and O–H groups in total. The van der Waals surface area contributed by atoms with Crippen molar-refractivity contribution in [1.29, 1.82) is 0 Å². The lowest BCUT2D eigenvalue weighted by Gasteiger charge is -2.23. The van der Waals surface area contributed by atoms with Crippen LogP contribution < -0.4 is 10.2 Å². The second-order valence-electron chi connectivity index (χ2n) is 4.83. The molecule has 1 aromatic rings. The van der Waals surface area contributed by atoms with E-state index in [9.17, 15) is 9.59 Å². The summed E-state index contributed by atoms with van der Waals surface area (Å²) >= 11 is 0. The summed E-state index contributed by atoms with van der Waals surface area (Å²) in [5, 5.41) is 11.6. The van der Waals surface area contributed by atoms with E-state index < -0.39 is 5.97 Å². The number of carboxylic acids is 1. The highest BCUT2D eigenvalue weighted by atomic mass is 16.4. The fraction of sp³-hybridized carbons (Fsp3) is 0.467. The number of anilines is 1. The van der Waals surface area contributed by atoms with E-state index in [1.807, 2.05) is 18.2 Å². The molecule has 0 saturated carbocycles. The quantitative estimate of drug-likeness (QED) is 0.805. The van der Waals surface area contributed by atoms with Gasteiger partial charge in [-0.2, -0.15) is 0 Å². The Labute approximate surface area is 119 Å². The molecule has 20 heavy (non-hydrogen) atoms. The van der Waals surface area contributed by atoms with Gasteiger partial charge in [0.05, 0.1) is 6.42 Å². The van der Waals surface area contributed by atoms with Gasteiger partial charge in [-0.15, -0.1) is 0 Å². The van der Waals surface area contributed by atoms with E-state index in [1.54, 1.807) is 12.1 Å². The van der Waals surface area contributed by atoms with Crippen LogP contribution in [0.1, 0.15) is 26.7 Å². The van der Waals surface area contributed by atoms with E-state index in [0.717, 1.165) is 6.42 Å². The maximum atomic E-state index is 12.2. The van der Waals surface area contributed by atoms with Crippen LogP contribution in [0.5, 0.6) is 0 Å². The van der Waals surface area contributed by atoms with Gasteiger partial charge in [0.25, 0.3) is 0 Å². The highest BCUT2D eigenvalue weighted by molar-refractivity contribution is 5.92. The van der Waals surface area contributed by atoms with Crippen LogP contribution in [0, 0.1) is 5.92 Å². The van der Waals surface area contributed by atoms with Gasteiger partial charge in [0, 0.05) is 18.8 Å². The molecule has 1 aromatic carbocycles. The first-order valence-electron chi connectivity index (χ1n) is 6.86. The van der Waals surface area contributed by atoms with E-state index in [1.165, 1.54) is 4.90 Å². The summed E-state index contributed by atoms with van der Waals surface area (Å²) in [5.41, 5.74) is 0.704. The molecular formula is C15H22N2O3. The van der Waals surface area contributed by atoms with E-state index in [0.29, 0.717) is 18.2 Å². The van der Waals surface area contributed by atoms with Gasteiger partial charge in [0.1, 0.15) is 0 Å². The van der Waals surface area contributed by atoms with Crippen molar-refractivity contribution >= 4 is 17.7 Å². The Morgan fingerprint density at radius 1 is 1.30 bits per heavy atom. The minimum atomic E-state index is -0.916. The predicted molar refractivity (Wildman–Crippen MR) is 78.9 cm³/mol. The maximum Gasteiger partial charge on any atom is 0.321 e. The van der Waals surface area contributed by atoms with Gasteiger partial charge in [0.2, 0.25) is 0 Å². The number of nitrogens with one attached hydrogen (secondary N) is 1. The summed E-state index contributed by atoms with van der Waals surface area (Å²) in [6.45, 7) is 4.87. The van der Waals surface area contributed by atoms with Crippen LogP contribution in [0.2, 0.25) is 0 Å². The Morgan fingerprint density at radius 3 is 2.50 bits per heavy atom. The molecule has 0 saturated heterocycles. The minimum absolute atomic E-state index is 0.0777. The van der Waals surface area contributed by atoms with Gasteiger partial charge < -0.3 is 10.4 Å². The van der Waals surface area contributed by atoms with Crippen molar-refractivity contribution in [3.8, 4) is 0 Å². The molecule has 0 aliphatic heterocycles. The molecule has 1 rings (SSSR count). The molecule has 5 nitrogen and oxygen atoms in total. The summed E-state index contributed by atoms with van der Waals surface area (Å²) in [6, 6.07) is 8.85. The van der Waals surface area contributed by atoms with Crippen LogP contribution >= 0.6 is 0 Å². The molecule has 0 radical (unpaired) electrons. The lowest BCUT2D eigenvalue weighted by Crippen LogP contribution is -2.42. The van der Waals surface area contributed by atoms with Gasteiger partial charge in [-0.3, -0.25) is 9.69 Å². The smallest absolute Gasteiger partial charge is 0.321 e. The normalized spacial score (nSPS) is 11.7. The van der Waals surface area contributed by atoms with Crippen LogP contribution in [0.3, 0.4) is 0 Å². The van der Waals surface area contributed by atoms with Crippen molar-refractivity contribution in [2.75, 3.05) is 18.0 Å². The number of carbonyl (C=O) groups excluding carboxylic acids is 1. The summed E-state index contributed by atoms with van der Waals surface area (Å²) in [7, 11) is 0. The first-order valence-corrected chi connectivity index (χ1v) is 6.86. The second kappa shape index (κ2) is 8.19. The zero-order chi connectivity index (χ0) is 15.0. The molecule has 0 aromatic heterocycles. The maximum absolute atomic E-state index is 12.2. The van der Waals surface area contributed by atoms with Crippen LogP contribution in [0.15, 0.2) is 30.3 Å². The number of hydrogen-bond donors (Lipinski definition) is 2. The molecule has 0 aliphatic carbocycles. The first-order chi connectivity index (χ1) is 9.54. The number of aliphatic carboxylic acids is 1. The summed E-state index contributed by atoms with van der Waals surface area (Å²) in [6.07, 6.45) is 0.909. The third-order valence-electron chi connectivity index (χ3n) is 3.16. The standard InChI is InChI=1S/C15H22N2O3/c1-3-12(2)11-16-15(20)17(10-9-14(18)19)13-7-5-4-6-8-13/h4-8,12H,3,9-11H2,1-2H3,(H,16,20)(H,18,19). The van der Waals surface area contributed by atoms with Crippen LogP contribution in [-0.2, 0) is 4.79 Å². The highest BCUT2D eigenvalue weighted by Gasteiger charge is 2.16. The number of benzene rings is 1. The molecule has 0 bridgehead atoms. The first kappa shape index (κ1) is 16.0. The summed E-state index contributed by atoms with van der Waals surface area (Å²) < 4.78 is 0. The Hall–Kier alpha value is -2.04. The van der Waals surface area contributed by atoms with Crippen molar-refractivity contribution < 1.29 is 14.7 Å². The van der Waals surface area contributed by atoms with Crippen molar-refractivity contribution in [2.24, 2.45) is 5.92 Å². The molecule has 0 heterocycles. The zero-order valence-corrected chi connectivity index (χ0v) is 12.0. The van der Waals surface area contributed by atoms with Gasteiger partial charge in [-0.25, -0.2) is 4.79 Å². The number of carboxylic acid groups (broad SMARTS) is 1. The fourth-order valence-corrected chi connectivity index (χ4v) is 1.66. The van der Waals surface area contributed by atoms with Crippen LogP contribution in [0.4, 0.5) is 10.5 Å². The van der Waals surface area contributed by atoms with Crippen molar-refractivity contribution in [2.45, 2.75) is 26.7 Å². The van der Waals surface area contributed by atoms with Gasteiger partial charge in [-0.05, 0) is 18.1 Å². The topological polar surface area (TPSA) is 69.6 Å². The zero-order valence-electron chi connectivity index (χ0n) is 12.0. The number of amides is 2. The molecule has 0 fully saturated rings. The van der Waals surface area contributed by atoms with Crippen molar-refractivity contribution in [1.82, 2.24) is 5.32 Å². The molecule has 110 valence electrons. The molecule has 1 unspecified atom stereocenters. The lowest BCUT2D eigenvalue weighted by molar-refractivity contribution is -0.136. The van der Waals surface area contributed by atoms with E-state index >= 15 is 0 Å². The Morgan fingerprint density at radius 2 is 1.95 bits per heavy atom. The predicted octanol–water partition coefficient (Wildman–Crippen LogP) is 2.72. The van der Waals surface area contributed by atoms with E-state index in [4.69, 9.17) is 5.11 Å². The minimum Gasteiger partial charge on any atom is -0.481 e. The number of carbonyl (C=O) groups is 2. The number of nitrogens with zero attached hydrogens (tertiary/aromatic N) is 1. The van der Waals surface area contributed by atoms with Gasteiger partial charge in [0.15, 0.2) is 0 Å². The molecule has 5 heteroatoms. The molecule has 0 spiro atoms. The monoisotopic (exact) mass is 278 g/mol. The molecule has 1 atom stereocenters. The fourth-order valence-electron chi connectivity index (χ4n) is 1.66. The Kier molecular flexibility index (Phi) is 6.56. The van der Waals surface area contributed by atoms with Gasteiger partial charge >= 0.3 is 12.0 Å². The SMILES string of the molecule is CCC(C)CNC(=O)N(CCC(=O)O)c1ccccc1. The number of hydrogen-bond acceptors (Lipinski definition) is 2. The molecule has 2 amide bonds. The molecular weight excluding hydrogens is 256 g/mol. The second-order valence-corrected chi connectivity index (χ2v) is 4.83. The largest absolute Gasteiger partial charge is 0.481 e. The Bertz CT molecular complexity index is 434. The van der Waals surface area contributed by atoms with Crippen molar-refractivity contribution in [3.05, 3.63) is 30.3 Å². The lowest BCUT2D eigenvalue weighted by atomic mass is 10.1. The third kappa shape index (κ3) is 5.30. The summed E-state index contributed by atoms with van der Waals surface area (Å²) in [4.78, 5) is 24.4. The third-order valence-corrected chi connectivity index (χ3v) is 3.16. The van der Waals surface area contributed by atoms with Gasteiger partial charge in [-0.1, -0.05) is 38.5 Å². The average molecular weight is 278 g/mol. The van der Waals surface area contributed by atoms with Crippen LogP contribution in [0.25, 0.3) is 0 Å². The van der Waals surface area contributed by atoms with Crippen LogP contribution in [-0.4, -0.2) is 30.2 Å². The average Bonchev–Trinajstić information content (AvgIpc) is 2.45.